The summed E-state index contributed by atoms with van der Waals surface area (Å²) in [6, 6.07) is 15.7. The minimum atomic E-state index is -3.76. The standard InChI is InChI=1S/C22H26N2O6S/c1-29-22(26)17-12-14-23(15-13-17)21(25)16-24(31(2,27)28)19-10-6-7-11-20(19)30-18-8-4-3-5-9-18/h3-11,17H,12-16H2,1-2H3. The summed E-state index contributed by atoms with van der Waals surface area (Å²) < 4.78 is 36.9. The lowest BCUT2D eigenvalue weighted by atomic mass is 9.97. The molecule has 8 nitrogen and oxygen atoms in total. The molecule has 0 atom stereocenters. The molecule has 0 aliphatic carbocycles. The second-order valence-corrected chi connectivity index (χ2v) is 9.24. The van der Waals surface area contributed by atoms with Crippen molar-refractivity contribution in [1.82, 2.24) is 4.90 Å². The van der Waals surface area contributed by atoms with Gasteiger partial charge in [-0.1, -0.05) is 30.3 Å². The molecule has 0 radical (unpaired) electrons. The van der Waals surface area contributed by atoms with E-state index in [0.717, 1.165) is 10.6 Å². The van der Waals surface area contributed by atoms with Crippen molar-refractivity contribution >= 4 is 27.6 Å². The lowest BCUT2D eigenvalue weighted by Gasteiger charge is -2.32. The number of benzene rings is 2. The molecule has 166 valence electrons. The highest BCUT2D eigenvalue weighted by atomic mass is 32.2. The second kappa shape index (κ2) is 9.82. The predicted molar refractivity (Wildman–Crippen MR) is 116 cm³/mol. The van der Waals surface area contributed by atoms with Crippen molar-refractivity contribution in [3.8, 4) is 11.5 Å². The maximum atomic E-state index is 12.9. The first-order valence-electron chi connectivity index (χ1n) is 9.95. The number of nitrogens with zero attached hydrogens (tertiary/aromatic N) is 2. The third-order valence-electron chi connectivity index (χ3n) is 5.17. The fourth-order valence-electron chi connectivity index (χ4n) is 3.50. The van der Waals surface area contributed by atoms with E-state index in [9.17, 15) is 18.0 Å². The van der Waals surface area contributed by atoms with Crippen molar-refractivity contribution in [2.24, 2.45) is 5.92 Å². The Bertz CT molecular complexity index is 1020. The van der Waals surface area contributed by atoms with Gasteiger partial charge in [0, 0.05) is 13.1 Å². The number of piperidine rings is 1. The summed E-state index contributed by atoms with van der Waals surface area (Å²) in [6.07, 6.45) is 2.04. The van der Waals surface area contributed by atoms with Gasteiger partial charge in [0.2, 0.25) is 15.9 Å². The number of rotatable bonds is 7. The van der Waals surface area contributed by atoms with Crippen LogP contribution >= 0.6 is 0 Å². The third kappa shape index (κ3) is 5.75. The van der Waals surface area contributed by atoms with E-state index in [4.69, 9.17) is 9.47 Å². The van der Waals surface area contributed by atoms with Crippen molar-refractivity contribution in [3.05, 3.63) is 54.6 Å². The summed E-state index contributed by atoms with van der Waals surface area (Å²) in [5.41, 5.74) is 0.284. The topological polar surface area (TPSA) is 93.2 Å². The molecule has 1 saturated heterocycles. The van der Waals surface area contributed by atoms with Crippen LogP contribution in [0.1, 0.15) is 12.8 Å². The highest BCUT2D eigenvalue weighted by molar-refractivity contribution is 7.92. The van der Waals surface area contributed by atoms with Gasteiger partial charge in [-0.2, -0.15) is 0 Å². The molecule has 0 bridgehead atoms. The van der Waals surface area contributed by atoms with Crippen molar-refractivity contribution in [2.45, 2.75) is 12.8 Å². The van der Waals surface area contributed by atoms with Crippen LogP contribution < -0.4 is 9.04 Å². The van der Waals surface area contributed by atoms with Gasteiger partial charge in [0.05, 0.1) is 25.0 Å². The van der Waals surface area contributed by atoms with E-state index in [-0.39, 0.29) is 30.0 Å². The van der Waals surface area contributed by atoms with Crippen molar-refractivity contribution in [1.29, 1.82) is 0 Å². The Morgan fingerprint density at radius 1 is 1.03 bits per heavy atom. The number of hydrogen-bond donors (Lipinski definition) is 0. The molecule has 0 aromatic heterocycles. The Morgan fingerprint density at radius 2 is 1.65 bits per heavy atom. The molecule has 0 saturated carbocycles. The molecule has 0 spiro atoms. The van der Waals surface area contributed by atoms with Gasteiger partial charge < -0.3 is 14.4 Å². The van der Waals surface area contributed by atoms with Crippen LogP contribution in [-0.4, -0.2) is 58.2 Å². The number of likely N-dealkylation sites (tertiary alicyclic amines) is 1. The molecule has 1 aliphatic rings. The van der Waals surface area contributed by atoms with E-state index < -0.39 is 10.0 Å². The number of sulfonamides is 1. The van der Waals surface area contributed by atoms with Gasteiger partial charge in [0.1, 0.15) is 12.3 Å². The average molecular weight is 447 g/mol. The van der Waals surface area contributed by atoms with E-state index in [2.05, 4.69) is 0 Å². The summed E-state index contributed by atoms with van der Waals surface area (Å²) >= 11 is 0. The van der Waals surface area contributed by atoms with Crippen LogP contribution in [0.5, 0.6) is 11.5 Å². The number of ether oxygens (including phenoxy) is 2. The highest BCUT2D eigenvalue weighted by Gasteiger charge is 2.31. The fourth-order valence-corrected chi connectivity index (χ4v) is 4.35. The maximum Gasteiger partial charge on any atom is 0.308 e. The molecule has 1 amide bonds. The summed E-state index contributed by atoms with van der Waals surface area (Å²) in [6.45, 7) is 0.396. The number of amides is 1. The van der Waals surface area contributed by atoms with Gasteiger partial charge in [0.25, 0.3) is 0 Å². The molecule has 0 unspecified atom stereocenters. The molecule has 0 N–H and O–H groups in total. The minimum absolute atomic E-state index is 0.236. The molecule has 1 aliphatic heterocycles. The Labute approximate surface area is 182 Å². The molecule has 31 heavy (non-hydrogen) atoms. The zero-order valence-electron chi connectivity index (χ0n) is 17.6. The largest absolute Gasteiger partial charge is 0.469 e. The van der Waals surface area contributed by atoms with Crippen LogP contribution in [-0.2, 0) is 24.3 Å². The number of hydrogen-bond acceptors (Lipinski definition) is 6. The maximum absolute atomic E-state index is 12.9. The SMILES string of the molecule is COC(=O)C1CCN(C(=O)CN(c2ccccc2Oc2ccccc2)S(C)(=O)=O)CC1. The van der Waals surface area contributed by atoms with Crippen molar-refractivity contribution in [2.75, 3.05) is 37.3 Å². The van der Waals surface area contributed by atoms with Crippen LogP contribution in [0.3, 0.4) is 0 Å². The van der Waals surface area contributed by atoms with E-state index >= 15 is 0 Å². The molecule has 2 aromatic rings. The molecule has 1 heterocycles. The van der Waals surface area contributed by atoms with Gasteiger partial charge in [-0.3, -0.25) is 13.9 Å². The quantitative estimate of drug-likeness (QED) is 0.607. The van der Waals surface area contributed by atoms with Crippen LogP contribution in [0.2, 0.25) is 0 Å². The van der Waals surface area contributed by atoms with E-state index in [1.54, 1.807) is 41.3 Å². The third-order valence-corrected chi connectivity index (χ3v) is 6.29. The monoisotopic (exact) mass is 446 g/mol. The number of carbonyl (C=O) groups is 2. The average Bonchev–Trinajstić information content (AvgIpc) is 2.77. The van der Waals surface area contributed by atoms with Crippen LogP contribution in [0, 0.1) is 5.92 Å². The lowest BCUT2D eigenvalue weighted by molar-refractivity contribution is -0.148. The zero-order chi connectivity index (χ0) is 22.4. The molecule has 9 heteroatoms. The Morgan fingerprint density at radius 3 is 2.26 bits per heavy atom. The first-order chi connectivity index (χ1) is 14.8. The second-order valence-electron chi connectivity index (χ2n) is 7.33. The number of para-hydroxylation sites is 3. The van der Waals surface area contributed by atoms with Gasteiger partial charge in [0.15, 0.2) is 5.75 Å². The summed E-state index contributed by atoms with van der Waals surface area (Å²) in [7, 11) is -2.42. The molecular formula is C22H26N2O6S. The Kier molecular flexibility index (Phi) is 7.17. The summed E-state index contributed by atoms with van der Waals surface area (Å²) in [5.74, 6) is 0.0381. The normalized spacial score (nSPS) is 14.7. The Hall–Kier alpha value is -3.07. The van der Waals surface area contributed by atoms with Crippen molar-refractivity contribution < 1.29 is 27.5 Å². The molecular weight excluding hydrogens is 420 g/mol. The Balaban J connectivity index is 1.78. The summed E-state index contributed by atoms with van der Waals surface area (Å²) in [4.78, 5) is 26.2. The van der Waals surface area contributed by atoms with Crippen LogP contribution in [0.25, 0.3) is 0 Å². The van der Waals surface area contributed by atoms with Crippen LogP contribution in [0.15, 0.2) is 54.6 Å². The number of carbonyl (C=O) groups excluding carboxylic acids is 2. The summed E-state index contributed by atoms with van der Waals surface area (Å²) in [5, 5.41) is 0. The van der Waals surface area contributed by atoms with E-state index in [1.807, 2.05) is 18.2 Å². The van der Waals surface area contributed by atoms with Crippen LogP contribution in [0.4, 0.5) is 5.69 Å². The molecule has 1 fully saturated rings. The molecule has 3 rings (SSSR count). The number of esters is 1. The number of methoxy groups -OCH3 is 1. The first-order valence-corrected chi connectivity index (χ1v) is 11.8. The van der Waals surface area contributed by atoms with Gasteiger partial charge >= 0.3 is 5.97 Å². The lowest BCUT2D eigenvalue weighted by Crippen LogP contribution is -2.46. The smallest absolute Gasteiger partial charge is 0.308 e. The molecule has 2 aromatic carbocycles. The highest BCUT2D eigenvalue weighted by Crippen LogP contribution is 2.33. The minimum Gasteiger partial charge on any atom is -0.469 e. The fraction of sp³-hybridized carbons (Fsp3) is 0.364. The zero-order valence-corrected chi connectivity index (χ0v) is 18.4. The predicted octanol–water partition coefficient (Wildman–Crippen LogP) is 2.66. The van der Waals surface area contributed by atoms with Gasteiger partial charge in [-0.15, -0.1) is 0 Å². The number of anilines is 1. The van der Waals surface area contributed by atoms with Crippen molar-refractivity contribution in [3.63, 3.8) is 0 Å². The van der Waals surface area contributed by atoms with Gasteiger partial charge in [-0.25, -0.2) is 8.42 Å². The van der Waals surface area contributed by atoms with E-state index in [0.29, 0.717) is 37.4 Å². The van der Waals surface area contributed by atoms with Gasteiger partial charge in [-0.05, 0) is 37.1 Å². The first kappa shape index (κ1) is 22.6. The van der Waals surface area contributed by atoms with E-state index in [1.165, 1.54) is 7.11 Å².